The lowest BCUT2D eigenvalue weighted by Crippen LogP contribution is -2.29. The molecule has 0 bridgehead atoms. The molecule has 2 aromatic heterocycles. The van der Waals surface area contributed by atoms with Gasteiger partial charge >= 0.3 is 0 Å². The maximum Gasteiger partial charge on any atom is 0.250 e. The van der Waals surface area contributed by atoms with Crippen molar-refractivity contribution in [3.05, 3.63) is 106 Å². The van der Waals surface area contributed by atoms with E-state index in [0.29, 0.717) is 10.1 Å². The number of benzene rings is 2. The molecule has 9 heteroatoms. The second-order valence-electron chi connectivity index (χ2n) is 9.62. The Morgan fingerprint density at radius 2 is 1.82 bits per heavy atom. The molecule has 0 saturated carbocycles. The largest absolute Gasteiger partial charge is 0.375 e. The molecule has 1 aliphatic heterocycles. The number of anilines is 2. The standard InChI is InChI=1S/C30H30ClN5O2S/c1-18-15-23(12-13-25(18)33-27(37)17-38-4)36-29(28(34-30(36)39)26-7-5-6-14-32-26)24-16-19(2)35(20(24)3)22-10-8-21(31)9-11-22/h5-16,28-29H,17H2,1-4H3,(H,33,37)(H,34,39)/t28-,29-/m0/s1. The number of aromatic nitrogens is 2. The molecule has 0 unspecified atom stereocenters. The van der Waals surface area contributed by atoms with Crippen molar-refractivity contribution in [2.24, 2.45) is 0 Å². The molecule has 1 saturated heterocycles. The molecule has 1 amide bonds. The van der Waals surface area contributed by atoms with Gasteiger partial charge < -0.3 is 24.8 Å². The van der Waals surface area contributed by atoms with Gasteiger partial charge in [-0.3, -0.25) is 9.78 Å². The zero-order valence-electron chi connectivity index (χ0n) is 22.2. The van der Waals surface area contributed by atoms with E-state index < -0.39 is 0 Å². The highest BCUT2D eigenvalue weighted by Gasteiger charge is 2.42. The van der Waals surface area contributed by atoms with E-state index in [1.165, 1.54) is 7.11 Å². The van der Waals surface area contributed by atoms with Crippen LogP contribution in [0.5, 0.6) is 0 Å². The molecule has 2 N–H and O–H groups in total. The third-order valence-corrected chi connectivity index (χ3v) is 7.58. The minimum absolute atomic E-state index is 0.00160. The Morgan fingerprint density at radius 1 is 1.08 bits per heavy atom. The van der Waals surface area contributed by atoms with Gasteiger partial charge in [-0.15, -0.1) is 0 Å². The van der Waals surface area contributed by atoms with Crippen LogP contribution in [0.4, 0.5) is 11.4 Å². The number of nitrogens with zero attached hydrogens (tertiary/aromatic N) is 3. The number of nitrogens with one attached hydrogen (secondary N) is 2. The van der Waals surface area contributed by atoms with E-state index in [0.717, 1.165) is 45.3 Å². The Balaban J connectivity index is 1.60. The molecule has 0 spiro atoms. The fraction of sp³-hybridized carbons (Fsp3) is 0.233. The summed E-state index contributed by atoms with van der Waals surface area (Å²) in [7, 11) is 1.50. The molecule has 0 radical (unpaired) electrons. The lowest BCUT2D eigenvalue weighted by Gasteiger charge is -2.29. The summed E-state index contributed by atoms with van der Waals surface area (Å²) in [5, 5.41) is 7.75. The van der Waals surface area contributed by atoms with E-state index >= 15 is 0 Å². The second-order valence-corrected chi connectivity index (χ2v) is 10.4. The van der Waals surface area contributed by atoms with Crippen LogP contribution >= 0.6 is 23.8 Å². The van der Waals surface area contributed by atoms with Crippen molar-refractivity contribution in [2.45, 2.75) is 32.9 Å². The second kappa shape index (κ2) is 11.2. The van der Waals surface area contributed by atoms with Gasteiger partial charge in [0.05, 0.1) is 17.8 Å². The Kier molecular flexibility index (Phi) is 7.70. The first-order valence-electron chi connectivity index (χ1n) is 12.6. The number of ether oxygens (including phenoxy) is 1. The lowest BCUT2D eigenvalue weighted by atomic mass is 9.96. The van der Waals surface area contributed by atoms with Gasteiger partial charge in [0.2, 0.25) is 5.91 Å². The number of aryl methyl sites for hydroxylation is 2. The van der Waals surface area contributed by atoms with Crippen molar-refractivity contribution >= 4 is 46.2 Å². The predicted molar refractivity (Wildman–Crippen MR) is 160 cm³/mol. The number of amides is 1. The summed E-state index contributed by atoms with van der Waals surface area (Å²) in [5.74, 6) is -0.200. The summed E-state index contributed by atoms with van der Waals surface area (Å²) in [6, 6.07) is 21.6. The van der Waals surface area contributed by atoms with E-state index in [4.69, 9.17) is 28.6 Å². The molecule has 7 nitrogen and oxygen atoms in total. The van der Waals surface area contributed by atoms with E-state index in [9.17, 15) is 4.79 Å². The van der Waals surface area contributed by atoms with Crippen LogP contribution in [0.1, 0.15) is 40.3 Å². The van der Waals surface area contributed by atoms with E-state index in [1.54, 1.807) is 6.20 Å². The van der Waals surface area contributed by atoms with E-state index in [1.807, 2.05) is 67.6 Å². The summed E-state index contributed by atoms with van der Waals surface area (Å²) >= 11 is 12.1. The third-order valence-electron chi connectivity index (χ3n) is 7.01. The zero-order valence-corrected chi connectivity index (χ0v) is 23.8. The van der Waals surface area contributed by atoms with Gasteiger partial charge in [-0.25, -0.2) is 0 Å². The first kappa shape index (κ1) is 26.9. The van der Waals surface area contributed by atoms with Crippen LogP contribution in [0.15, 0.2) is 72.9 Å². The van der Waals surface area contributed by atoms with Gasteiger partial charge in [0, 0.05) is 46.8 Å². The fourth-order valence-corrected chi connectivity index (χ4v) is 5.75. The average Bonchev–Trinajstić information content (AvgIpc) is 3.41. The summed E-state index contributed by atoms with van der Waals surface area (Å²) in [6.45, 7) is 6.20. The monoisotopic (exact) mass is 559 g/mol. The number of rotatable bonds is 7. The number of carbonyl (C=O) groups excluding carboxylic acids is 1. The van der Waals surface area contributed by atoms with Gasteiger partial charge in [-0.2, -0.15) is 0 Å². The van der Waals surface area contributed by atoms with E-state index in [2.05, 4.69) is 45.0 Å². The van der Waals surface area contributed by atoms with Crippen LogP contribution in [0, 0.1) is 20.8 Å². The number of carbonyl (C=O) groups is 1. The summed E-state index contributed by atoms with van der Waals surface area (Å²) in [6.07, 6.45) is 1.80. The first-order chi connectivity index (χ1) is 18.8. The maximum absolute atomic E-state index is 12.1. The zero-order chi connectivity index (χ0) is 27.7. The number of thiocarbonyl (C=S) groups is 1. The molecule has 5 rings (SSSR count). The minimum atomic E-state index is -0.200. The molecule has 0 aliphatic carbocycles. The van der Waals surface area contributed by atoms with Crippen molar-refractivity contribution in [2.75, 3.05) is 23.9 Å². The molecule has 2 aromatic carbocycles. The number of halogens is 1. The Morgan fingerprint density at radius 3 is 2.49 bits per heavy atom. The van der Waals surface area contributed by atoms with Crippen LogP contribution in [-0.2, 0) is 9.53 Å². The fourth-order valence-electron chi connectivity index (χ4n) is 5.28. The lowest BCUT2D eigenvalue weighted by molar-refractivity contribution is -0.119. The van der Waals surface area contributed by atoms with Crippen LogP contribution in [0.3, 0.4) is 0 Å². The first-order valence-corrected chi connectivity index (χ1v) is 13.4. The molecule has 3 heterocycles. The molecule has 4 aromatic rings. The quantitative estimate of drug-likeness (QED) is 0.262. The van der Waals surface area contributed by atoms with Crippen molar-refractivity contribution in [1.82, 2.24) is 14.9 Å². The minimum Gasteiger partial charge on any atom is -0.375 e. The number of hydrogen-bond donors (Lipinski definition) is 2. The summed E-state index contributed by atoms with van der Waals surface area (Å²) < 4.78 is 7.19. The molecular formula is C30H30ClN5O2S. The Bertz CT molecular complexity index is 1520. The van der Waals surface area contributed by atoms with Crippen molar-refractivity contribution in [1.29, 1.82) is 0 Å². The third kappa shape index (κ3) is 5.28. The summed E-state index contributed by atoms with van der Waals surface area (Å²) in [4.78, 5) is 18.9. The van der Waals surface area contributed by atoms with Gasteiger partial charge in [0.25, 0.3) is 0 Å². The number of methoxy groups -OCH3 is 1. The molecule has 200 valence electrons. The molecule has 2 atom stereocenters. The van der Waals surface area contributed by atoms with Crippen LogP contribution < -0.4 is 15.5 Å². The molecular weight excluding hydrogens is 530 g/mol. The smallest absolute Gasteiger partial charge is 0.250 e. The maximum atomic E-state index is 12.1. The van der Waals surface area contributed by atoms with Gasteiger partial charge in [-0.1, -0.05) is 17.7 Å². The van der Waals surface area contributed by atoms with Crippen molar-refractivity contribution in [3.63, 3.8) is 0 Å². The Hall–Kier alpha value is -3.72. The molecule has 1 fully saturated rings. The van der Waals surface area contributed by atoms with Gasteiger partial charge in [0.1, 0.15) is 6.61 Å². The normalized spacial score (nSPS) is 16.8. The van der Waals surface area contributed by atoms with Gasteiger partial charge in [-0.05, 0) is 105 Å². The topological polar surface area (TPSA) is 71.4 Å². The van der Waals surface area contributed by atoms with E-state index in [-0.39, 0.29) is 24.6 Å². The SMILES string of the molecule is COCC(=O)Nc1ccc(N2C(=S)N[C@@H](c3ccccn3)[C@@H]2c2cc(C)n(-c3ccc(Cl)cc3)c2C)cc1C. The number of hydrogen-bond acceptors (Lipinski definition) is 4. The Labute approximate surface area is 238 Å². The summed E-state index contributed by atoms with van der Waals surface area (Å²) in [5.41, 5.74) is 7.89. The number of pyridine rings is 1. The predicted octanol–water partition coefficient (Wildman–Crippen LogP) is 6.21. The molecule has 39 heavy (non-hydrogen) atoms. The van der Waals surface area contributed by atoms with Crippen LogP contribution in [-0.4, -0.2) is 34.3 Å². The van der Waals surface area contributed by atoms with Crippen LogP contribution in [0.2, 0.25) is 5.02 Å². The van der Waals surface area contributed by atoms with Crippen molar-refractivity contribution < 1.29 is 9.53 Å². The molecule has 1 aliphatic rings. The average molecular weight is 560 g/mol. The highest BCUT2D eigenvalue weighted by molar-refractivity contribution is 7.80. The highest BCUT2D eigenvalue weighted by atomic mass is 35.5. The van der Waals surface area contributed by atoms with Gasteiger partial charge in [0.15, 0.2) is 5.11 Å². The van der Waals surface area contributed by atoms with Crippen LogP contribution in [0.25, 0.3) is 5.69 Å². The van der Waals surface area contributed by atoms with Crippen molar-refractivity contribution in [3.8, 4) is 5.69 Å². The highest BCUT2D eigenvalue weighted by Crippen LogP contribution is 2.44.